The fourth-order valence-corrected chi connectivity index (χ4v) is 4.54. The lowest BCUT2D eigenvalue weighted by Gasteiger charge is -2.35. The van der Waals surface area contributed by atoms with Crippen LogP contribution >= 0.6 is 0 Å². The SMILES string of the molecule is CC(=O)c1cccc(S(=O)(=O)N2CCN(C(=O)C(C)OCC3CC3)CC2)c1. The molecule has 1 aromatic carbocycles. The third kappa shape index (κ3) is 4.75. The van der Waals surface area contributed by atoms with Crippen LogP contribution in [0, 0.1) is 5.92 Å². The number of piperazine rings is 1. The number of sulfonamides is 1. The lowest BCUT2D eigenvalue weighted by atomic mass is 10.2. The van der Waals surface area contributed by atoms with Crippen LogP contribution in [-0.2, 0) is 19.6 Å². The molecule has 1 heterocycles. The number of rotatable bonds is 7. The zero-order valence-electron chi connectivity index (χ0n) is 15.8. The van der Waals surface area contributed by atoms with E-state index in [1.165, 1.54) is 36.2 Å². The van der Waals surface area contributed by atoms with Crippen molar-refractivity contribution < 1.29 is 22.7 Å². The Kier molecular flexibility index (Phi) is 5.98. The zero-order chi connectivity index (χ0) is 19.6. The molecule has 7 nitrogen and oxygen atoms in total. The van der Waals surface area contributed by atoms with E-state index >= 15 is 0 Å². The molecule has 0 N–H and O–H groups in total. The Morgan fingerprint density at radius 2 is 1.85 bits per heavy atom. The van der Waals surface area contributed by atoms with Crippen LogP contribution in [0.25, 0.3) is 0 Å². The summed E-state index contributed by atoms with van der Waals surface area (Å²) in [4.78, 5) is 25.8. The third-order valence-corrected chi connectivity index (χ3v) is 6.95. The first-order valence-electron chi connectivity index (χ1n) is 9.30. The molecule has 1 atom stereocenters. The molecule has 1 aliphatic heterocycles. The summed E-state index contributed by atoms with van der Waals surface area (Å²) in [6.45, 7) is 4.90. The zero-order valence-corrected chi connectivity index (χ0v) is 16.6. The van der Waals surface area contributed by atoms with Crippen molar-refractivity contribution in [3.63, 3.8) is 0 Å². The molecule has 0 aromatic heterocycles. The lowest BCUT2D eigenvalue weighted by molar-refractivity contribution is -0.144. The number of hydrogen-bond donors (Lipinski definition) is 0. The van der Waals surface area contributed by atoms with Crippen LogP contribution in [0.3, 0.4) is 0 Å². The molecule has 2 aliphatic rings. The number of Topliss-reactive ketones (excluding diaryl/α,β-unsaturated/α-hetero) is 1. The van der Waals surface area contributed by atoms with E-state index in [1.807, 2.05) is 0 Å². The number of hydrogen-bond acceptors (Lipinski definition) is 5. The minimum absolute atomic E-state index is 0.0914. The van der Waals surface area contributed by atoms with E-state index in [-0.39, 0.29) is 29.7 Å². The number of carbonyl (C=O) groups is 2. The smallest absolute Gasteiger partial charge is 0.251 e. The summed E-state index contributed by atoms with van der Waals surface area (Å²) < 4.78 is 32.7. The van der Waals surface area contributed by atoms with Crippen molar-refractivity contribution in [2.24, 2.45) is 5.92 Å². The molecule has 0 bridgehead atoms. The maximum atomic E-state index is 12.8. The van der Waals surface area contributed by atoms with Gasteiger partial charge in [0, 0.05) is 31.7 Å². The largest absolute Gasteiger partial charge is 0.368 e. The quantitative estimate of drug-likeness (QED) is 0.655. The molecule has 1 aliphatic carbocycles. The van der Waals surface area contributed by atoms with E-state index in [4.69, 9.17) is 4.74 Å². The van der Waals surface area contributed by atoms with Gasteiger partial charge in [0.25, 0.3) is 5.91 Å². The topological polar surface area (TPSA) is 84.0 Å². The fourth-order valence-electron chi connectivity index (χ4n) is 3.07. The molecular weight excluding hydrogens is 368 g/mol. The van der Waals surface area contributed by atoms with Gasteiger partial charge in [0.2, 0.25) is 10.0 Å². The van der Waals surface area contributed by atoms with E-state index < -0.39 is 16.1 Å². The van der Waals surface area contributed by atoms with Gasteiger partial charge in [0.05, 0.1) is 11.5 Å². The molecule has 1 amide bonds. The van der Waals surface area contributed by atoms with Gasteiger partial charge in [-0.25, -0.2) is 8.42 Å². The Morgan fingerprint density at radius 1 is 1.19 bits per heavy atom. The van der Waals surface area contributed by atoms with Crippen molar-refractivity contribution in [2.45, 2.75) is 37.7 Å². The number of ether oxygens (including phenoxy) is 1. The van der Waals surface area contributed by atoms with E-state index in [1.54, 1.807) is 24.0 Å². The van der Waals surface area contributed by atoms with Crippen molar-refractivity contribution in [1.29, 1.82) is 0 Å². The van der Waals surface area contributed by atoms with Crippen LogP contribution in [0.15, 0.2) is 29.2 Å². The highest BCUT2D eigenvalue weighted by atomic mass is 32.2. The highest BCUT2D eigenvalue weighted by Gasteiger charge is 2.32. The molecule has 0 radical (unpaired) electrons. The summed E-state index contributed by atoms with van der Waals surface area (Å²) in [6, 6.07) is 6.07. The predicted octanol–water partition coefficient (Wildman–Crippen LogP) is 1.54. The first-order valence-corrected chi connectivity index (χ1v) is 10.7. The van der Waals surface area contributed by atoms with Gasteiger partial charge in [-0.15, -0.1) is 0 Å². The van der Waals surface area contributed by atoms with Gasteiger partial charge in [-0.05, 0) is 44.7 Å². The summed E-state index contributed by atoms with van der Waals surface area (Å²) in [5, 5.41) is 0. The highest BCUT2D eigenvalue weighted by Crippen LogP contribution is 2.29. The number of amides is 1. The molecule has 1 unspecified atom stereocenters. The molecule has 27 heavy (non-hydrogen) atoms. The van der Waals surface area contributed by atoms with Gasteiger partial charge in [0.1, 0.15) is 6.10 Å². The van der Waals surface area contributed by atoms with Crippen molar-refractivity contribution >= 4 is 21.7 Å². The summed E-state index contributed by atoms with van der Waals surface area (Å²) in [7, 11) is -3.69. The van der Waals surface area contributed by atoms with Crippen molar-refractivity contribution in [1.82, 2.24) is 9.21 Å². The molecule has 1 saturated heterocycles. The number of nitrogens with zero attached hydrogens (tertiary/aromatic N) is 2. The first kappa shape index (κ1) is 20.0. The molecule has 0 spiro atoms. The van der Waals surface area contributed by atoms with Gasteiger partial charge < -0.3 is 9.64 Å². The van der Waals surface area contributed by atoms with Gasteiger partial charge in [0.15, 0.2) is 5.78 Å². The average molecular weight is 394 g/mol. The third-order valence-electron chi connectivity index (χ3n) is 5.06. The van der Waals surface area contributed by atoms with Gasteiger partial charge in [-0.1, -0.05) is 12.1 Å². The number of ketones is 1. The predicted molar refractivity (Wildman–Crippen MR) is 99.9 cm³/mol. The normalized spacial score (nSPS) is 19.7. The molecule has 8 heteroatoms. The van der Waals surface area contributed by atoms with Crippen LogP contribution in [0.4, 0.5) is 0 Å². The van der Waals surface area contributed by atoms with Crippen molar-refractivity contribution in [2.75, 3.05) is 32.8 Å². The second-order valence-corrected chi connectivity index (χ2v) is 9.17. The Hall–Kier alpha value is -1.77. The van der Waals surface area contributed by atoms with Crippen molar-refractivity contribution in [3.8, 4) is 0 Å². The summed E-state index contributed by atoms with van der Waals surface area (Å²) in [5.74, 6) is 0.321. The van der Waals surface area contributed by atoms with E-state index in [0.29, 0.717) is 31.2 Å². The van der Waals surface area contributed by atoms with Gasteiger partial charge >= 0.3 is 0 Å². The number of carbonyl (C=O) groups excluding carboxylic acids is 2. The van der Waals surface area contributed by atoms with Crippen molar-refractivity contribution in [3.05, 3.63) is 29.8 Å². The monoisotopic (exact) mass is 394 g/mol. The minimum atomic E-state index is -3.69. The van der Waals surface area contributed by atoms with Crippen LogP contribution in [0.1, 0.15) is 37.0 Å². The molecule has 1 aromatic rings. The second kappa shape index (κ2) is 8.08. The maximum Gasteiger partial charge on any atom is 0.251 e. The Bertz CT molecular complexity index is 811. The van der Waals surface area contributed by atoms with Crippen LogP contribution in [-0.4, -0.2) is 68.2 Å². The second-order valence-electron chi connectivity index (χ2n) is 7.23. The highest BCUT2D eigenvalue weighted by molar-refractivity contribution is 7.89. The summed E-state index contributed by atoms with van der Waals surface area (Å²) in [5.41, 5.74) is 0.367. The molecule has 1 saturated carbocycles. The van der Waals surface area contributed by atoms with Crippen LogP contribution in [0.2, 0.25) is 0 Å². The van der Waals surface area contributed by atoms with E-state index in [2.05, 4.69) is 0 Å². The van der Waals surface area contributed by atoms with E-state index in [0.717, 1.165) is 0 Å². The Labute approximate surface area is 160 Å². The van der Waals surface area contributed by atoms with E-state index in [9.17, 15) is 18.0 Å². The number of benzene rings is 1. The maximum absolute atomic E-state index is 12.8. The van der Waals surface area contributed by atoms with Crippen LogP contribution < -0.4 is 0 Å². The van der Waals surface area contributed by atoms with Crippen LogP contribution in [0.5, 0.6) is 0 Å². The van der Waals surface area contributed by atoms with Gasteiger partial charge in [-0.2, -0.15) is 4.31 Å². The molecular formula is C19H26N2O5S. The standard InChI is InChI=1S/C19H26N2O5S/c1-14(22)17-4-3-5-18(12-17)27(24,25)21-10-8-20(9-11-21)19(23)15(2)26-13-16-6-7-16/h3-5,12,15-16H,6-11,13H2,1-2H3. The fraction of sp³-hybridized carbons (Fsp3) is 0.579. The molecule has 2 fully saturated rings. The van der Waals surface area contributed by atoms with Gasteiger partial charge in [-0.3, -0.25) is 9.59 Å². The first-order chi connectivity index (χ1) is 12.8. The Balaban J connectivity index is 1.59. The minimum Gasteiger partial charge on any atom is -0.368 e. The summed E-state index contributed by atoms with van der Waals surface area (Å²) in [6.07, 6.45) is 1.84. The average Bonchev–Trinajstić information content (AvgIpc) is 3.50. The summed E-state index contributed by atoms with van der Waals surface area (Å²) >= 11 is 0. The Morgan fingerprint density at radius 3 is 2.44 bits per heavy atom. The lowest BCUT2D eigenvalue weighted by Crippen LogP contribution is -2.52. The molecule has 3 rings (SSSR count). The molecule has 148 valence electrons.